The first-order chi connectivity index (χ1) is 17.2. The Hall–Kier alpha value is -3.76. The zero-order chi connectivity index (χ0) is 25.4. The molecule has 1 fully saturated rings. The maximum absolute atomic E-state index is 14.2. The molecule has 2 aromatic rings. The Morgan fingerprint density at radius 2 is 2.06 bits per heavy atom. The Kier molecular flexibility index (Phi) is 6.23. The van der Waals surface area contributed by atoms with Crippen LogP contribution in [0.1, 0.15) is 39.2 Å². The van der Waals surface area contributed by atoms with E-state index in [1.807, 2.05) is 25.7 Å². The van der Waals surface area contributed by atoms with Crippen molar-refractivity contribution < 1.29 is 23.0 Å². The minimum Gasteiger partial charge on any atom is -0.450 e. The molecule has 1 saturated heterocycles. The molecule has 0 aliphatic carbocycles. The highest BCUT2D eigenvalue weighted by Gasteiger charge is 2.33. The zero-order valence-electron chi connectivity index (χ0n) is 20.4. The first kappa shape index (κ1) is 24.0. The minimum atomic E-state index is -0.796. The van der Waals surface area contributed by atoms with E-state index in [1.165, 1.54) is 6.07 Å². The number of rotatable bonds is 4. The number of likely N-dealkylation sites (tertiary alicyclic amines) is 1. The van der Waals surface area contributed by atoms with Gasteiger partial charge >= 0.3 is 6.09 Å². The second kappa shape index (κ2) is 9.36. The third kappa shape index (κ3) is 5.09. The van der Waals surface area contributed by atoms with E-state index in [4.69, 9.17) is 14.5 Å². The van der Waals surface area contributed by atoms with Crippen molar-refractivity contribution in [1.82, 2.24) is 14.9 Å². The summed E-state index contributed by atoms with van der Waals surface area (Å²) in [5.41, 5.74) is 0.144. The van der Waals surface area contributed by atoms with Crippen LogP contribution in [-0.4, -0.2) is 64.6 Å². The number of nitrogens with one attached hydrogen (secondary N) is 1. The third-order valence-electron chi connectivity index (χ3n) is 5.92. The first-order valence-electron chi connectivity index (χ1n) is 11.9. The summed E-state index contributed by atoms with van der Waals surface area (Å²) in [5.74, 6) is 0.416. The lowest BCUT2D eigenvalue weighted by Gasteiger charge is -2.34. The SMILES string of the molecule is CC(C)(C)OC(=O)N1CCCC(Nc2ncc3c(n2)N2CCN=C2C(Oc2ccc(F)cc2F)=C3)C1. The molecule has 0 radical (unpaired) electrons. The van der Waals surface area contributed by atoms with Gasteiger partial charge in [-0.15, -0.1) is 0 Å². The van der Waals surface area contributed by atoms with Crippen LogP contribution in [0.25, 0.3) is 6.08 Å². The summed E-state index contributed by atoms with van der Waals surface area (Å²) in [6, 6.07) is 3.14. The molecule has 0 bridgehead atoms. The standard InChI is InChI=1S/C25H28F2N6O3/c1-25(2,3)36-24(34)32-9-4-5-17(14-32)30-23-29-13-15-11-20(22-28-8-10-33(22)21(15)31-23)35-19-7-6-16(26)12-18(19)27/h6-7,11-13,17H,4-5,8-10,14H2,1-3H3,(H,29,30,31). The number of aliphatic imine (C=N–C) groups is 1. The van der Waals surface area contributed by atoms with Gasteiger partial charge in [0.05, 0.1) is 6.54 Å². The fraction of sp³-hybridized carbons (Fsp3) is 0.440. The number of halogens is 2. The van der Waals surface area contributed by atoms with Crippen molar-refractivity contribution in [3.63, 3.8) is 0 Å². The number of anilines is 2. The number of hydrogen-bond acceptors (Lipinski definition) is 8. The highest BCUT2D eigenvalue weighted by molar-refractivity contribution is 6.15. The summed E-state index contributed by atoms with van der Waals surface area (Å²) < 4.78 is 38.7. The van der Waals surface area contributed by atoms with Crippen molar-refractivity contribution in [2.45, 2.75) is 45.3 Å². The number of benzene rings is 1. The van der Waals surface area contributed by atoms with Gasteiger partial charge in [-0.1, -0.05) is 0 Å². The molecular formula is C25H28F2N6O3. The molecule has 0 spiro atoms. The Bertz CT molecular complexity index is 1240. The predicted molar refractivity (Wildman–Crippen MR) is 131 cm³/mol. The summed E-state index contributed by atoms with van der Waals surface area (Å²) in [4.78, 5) is 29.8. The second-order valence-electron chi connectivity index (χ2n) is 9.92. The van der Waals surface area contributed by atoms with E-state index in [9.17, 15) is 13.6 Å². The molecule has 1 unspecified atom stereocenters. The Labute approximate surface area is 207 Å². The lowest BCUT2D eigenvalue weighted by Crippen LogP contribution is -2.47. The zero-order valence-corrected chi connectivity index (χ0v) is 20.4. The molecule has 3 aliphatic heterocycles. The predicted octanol–water partition coefficient (Wildman–Crippen LogP) is 4.22. The number of fused-ring (bicyclic) bond motifs is 3. The van der Waals surface area contributed by atoms with E-state index in [2.05, 4.69) is 15.3 Å². The molecule has 5 rings (SSSR count). The van der Waals surface area contributed by atoms with Crippen molar-refractivity contribution in [2.24, 2.45) is 4.99 Å². The highest BCUT2D eigenvalue weighted by Crippen LogP contribution is 2.33. The lowest BCUT2D eigenvalue weighted by atomic mass is 10.1. The van der Waals surface area contributed by atoms with Gasteiger partial charge in [-0.25, -0.2) is 18.6 Å². The molecule has 0 saturated carbocycles. The number of nitrogens with zero attached hydrogens (tertiary/aromatic N) is 5. The average Bonchev–Trinajstić information content (AvgIpc) is 3.31. The van der Waals surface area contributed by atoms with Gasteiger partial charge in [0.1, 0.15) is 17.2 Å². The van der Waals surface area contributed by atoms with Gasteiger partial charge in [-0.2, -0.15) is 4.98 Å². The highest BCUT2D eigenvalue weighted by atomic mass is 19.1. The van der Waals surface area contributed by atoms with Crippen LogP contribution in [0.4, 0.5) is 25.3 Å². The first-order valence-corrected chi connectivity index (χ1v) is 11.9. The maximum Gasteiger partial charge on any atom is 0.410 e. The van der Waals surface area contributed by atoms with Gasteiger partial charge < -0.3 is 24.6 Å². The van der Waals surface area contributed by atoms with E-state index in [1.54, 1.807) is 17.2 Å². The monoisotopic (exact) mass is 498 g/mol. The maximum atomic E-state index is 14.2. The number of ether oxygens (including phenoxy) is 2. The summed E-state index contributed by atoms with van der Waals surface area (Å²) >= 11 is 0. The molecule has 11 heteroatoms. The normalized spacial score (nSPS) is 19.2. The second-order valence-corrected chi connectivity index (χ2v) is 9.92. The fourth-order valence-electron chi connectivity index (χ4n) is 4.36. The summed E-state index contributed by atoms with van der Waals surface area (Å²) in [5, 5.41) is 3.35. The smallest absolute Gasteiger partial charge is 0.410 e. The molecule has 1 aromatic carbocycles. The van der Waals surface area contributed by atoms with Gasteiger partial charge in [-0.3, -0.25) is 4.99 Å². The Morgan fingerprint density at radius 3 is 2.83 bits per heavy atom. The van der Waals surface area contributed by atoms with Gasteiger partial charge in [0.25, 0.3) is 0 Å². The molecule has 4 heterocycles. The van der Waals surface area contributed by atoms with E-state index < -0.39 is 17.2 Å². The molecule has 36 heavy (non-hydrogen) atoms. The van der Waals surface area contributed by atoms with Crippen LogP contribution in [0.3, 0.4) is 0 Å². The Balaban J connectivity index is 1.33. The number of carbonyl (C=O) groups excluding carboxylic acids is 1. The van der Waals surface area contributed by atoms with Crippen molar-refractivity contribution in [3.8, 4) is 5.75 Å². The van der Waals surface area contributed by atoms with E-state index in [-0.39, 0.29) is 17.9 Å². The van der Waals surface area contributed by atoms with Crippen molar-refractivity contribution >= 4 is 29.8 Å². The molecule has 1 N–H and O–H groups in total. The van der Waals surface area contributed by atoms with E-state index in [0.717, 1.165) is 25.0 Å². The molecule has 9 nitrogen and oxygen atoms in total. The number of hydrogen-bond donors (Lipinski definition) is 1. The number of piperidine rings is 1. The van der Waals surface area contributed by atoms with Crippen LogP contribution in [-0.2, 0) is 4.74 Å². The van der Waals surface area contributed by atoms with Crippen molar-refractivity contribution in [3.05, 3.63) is 47.4 Å². The average molecular weight is 499 g/mol. The van der Waals surface area contributed by atoms with Crippen LogP contribution >= 0.6 is 0 Å². The van der Waals surface area contributed by atoms with Crippen LogP contribution < -0.4 is 15.0 Å². The minimum absolute atomic E-state index is 0.0180. The molecule has 1 atom stereocenters. The molecule has 3 aliphatic rings. The molecule has 1 aromatic heterocycles. The quantitative estimate of drug-likeness (QED) is 0.675. The summed E-state index contributed by atoms with van der Waals surface area (Å²) in [6.07, 6.45) is 4.76. The van der Waals surface area contributed by atoms with E-state index >= 15 is 0 Å². The summed E-state index contributed by atoms with van der Waals surface area (Å²) in [6.45, 7) is 7.80. The van der Waals surface area contributed by atoms with E-state index in [0.29, 0.717) is 55.1 Å². The molecule has 1 amide bonds. The van der Waals surface area contributed by atoms with Crippen LogP contribution in [0.15, 0.2) is 35.1 Å². The Morgan fingerprint density at radius 1 is 1.22 bits per heavy atom. The number of amides is 1. The van der Waals surface area contributed by atoms with Crippen LogP contribution in [0.5, 0.6) is 5.75 Å². The van der Waals surface area contributed by atoms with Gasteiger partial charge in [-0.05, 0) is 51.8 Å². The number of aromatic nitrogens is 2. The largest absolute Gasteiger partial charge is 0.450 e. The topological polar surface area (TPSA) is 92.2 Å². The van der Waals surface area contributed by atoms with Crippen LogP contribution in [0, 0.1) is 11.6 Å². The lowest BCUT2D eigenvalue weighted by molar-refractivity contribution is 0.0206. The van der Waals surface area contributed by atoms with Gasteiger partial charge in [0, 0.05) is 43.5 Å². The number of amidine groups is 1. The number of carbonyl (C=O) groups is 1. The van der Waals surface area contributed by atoms with Crippen LogP contribution in [0.2, 0.25) is 0 Å². The van der Waals surface area contributed by atoms with Gasteiger partial charge in [0.2, 0.25) is 5.95 Å². The van der Waals surface area contributed by atoms with Crippen molar-refractivity contribution in [2.75, 3.05) is 36.4 Å². The fourth-order valence-corrected chi connectivity index (χ4v) is 4.36. The molecule has 190 valence electrons. The molecular weight excluding hydrogens is 470 g/mol. The van der Waals surface area contributed by atoms with Gasteiger partial charge in [0.15, 0.2) is 23.2 Å². The summed E-state index contributed by atoms with van der Waals surface area (Å²) in [7, 11) is 0. The van der Waals surface area contributed by atoms with Crippen molar-refractivity contribution in [1.29, 1.82) is 0 Å². The third-order valence-corrected chi connectivity index (χ3v) is 5.92.